The van der Waals surface area contributed by atoms with E-state index in [-0.39, 0.29) is 11.3 Å². The fourth-order valence-electron chi connectivity index (χ4n) is 1.05. The number of carboxylic acids is 1. The molecule has 0 heterocycles. The van der Waals surface area contributed by atoms with E-state index in [1.807, 2.05) is 6.92 Å². The highest BCUT2D eigenvalue weighted by Crippen LogP contribution is 2.16. The van der Waals surface area contributed by atoms with Crippen LogP contribution in [-0.4, -0.2) is 16.2 Å². The van der Waals surface area contributed by atoms with Crippen molar-refractivity contribution in [2.45, 2.75) is 6.92 Å². The molecule has 0 spiro atoms. The maximum atomic E-state index is 10.6. The van der Waals surface area contributed by atoms with Crippen LogP contribution < -0.4 is 0 Å². The third kappa shape index (κ3) is 2.33. The van der Waals surface area contributed by atoms with Gasteiger partial charge in [0.05, 0.1) is 5.56 Å². The lowest BCUT2D eigenvalue weighted by molar-refractivity contribution is 0.0696. The van der Waals surface area contributed by atoms with E-state index < -0.39 is 5.97 Å². The Morgan fingerprint density at radius 2 is 2.08 bits per heavy atom. The van der Waals surface area contributed by atoms with Crippen LogP contribution in [0.3, 0.4) is 0 Å². The molecule has 0 fully saturated rings. The summed E-state index contributed by atoms with van der Waals surface area (Å²) in [6.07, 6.45) is 3.51. The maximum absolute atomic E-state index is 10.6. The Kier molecular flexibility index (Phi) is 2.69. The fourth-order valence-corrected chi connectivity index (χ4v) is 1.05. The normalized spacial score (nSPS) is 10.5. The minimum Gasteiger partial charge on any atom is -0.508 e. The fraction of sp³-hybridized carbons (Fsp3) is 0.100. The topological polar surface area (TPSA) is 57.5 Å². The molecule has 0 aliphatic carbocycles. The first-order valence-corrected chi connectivity index (χ1v) is 3.83. The summed E-state index contributed by atoms with van der Waals surface area (Å²) in [6, 6.07) is 4.23. The molecule has 0 atom stereocenters. The molecular formula is C10H10O3. The van der Waals surface area contributed by atoms with Crippen molar-refractivity contribution < 1.29 is 15.0 Å². The van der Waals surface area contributed by atoms with Gasteiger partial charge in [0.15, 0.2) is 0 Å². The lowest BCUT2D eigenvalue weighted by Gasteiger charge is -1.99. The lowest BCUT2D eigenvalue weighted by atomic mass is 10.1. The smallest absolute Gasteiger partial charge is 0.335 e. The molecule has 13 heavy (non-hydrogen) atoms. The summed E-state index contributed by atoms with van der Waals surface area (Å²) in [5.41, 5.74) is 0.771. The highest BCUT2D eigenvalue weighted by Gasteiger charge is 2.04. The van der Waals surface area contributed by atoms with E-state index in [4.69, 9.17) is 5.11 Å². The predicted molar refractivity (Wildman–Crippen MR) is 49.8 cm³/mol. The summed E-state index contributed by atoms with van der Waals surface area (Å²) in [6.45, 7) is 1.82. The molecule has 2 N–H and O–H groups in total. The van der Waals surface area contributed by atoms with Gasteiger partial charge in [-0.05, 0) is 30.7 Å². The van der Waals surface area contributed by atoms with Crippen LogP contribution in [0.4, 0.5) is 0 Å². The van der Waals surface area contributed by atoms with Gasteiger partial charge in [-0.2, -0.15) is 0 Å². The zero-order valence-corrected chi connectivity index (χ0v) is 7.19. The maximum Gasteiger partial charge on any atom is 0.335 e. The number of benzene rings is 1. The molecule has 0 aliphatic heterocycles. The molecule has 0 aliphatic rings. The molecule has 1 rings (SSSR count). The number of phenols is 1. The number of hydrogen-bond acceptors (Lipinski definition) is 2. The number of phenolic OH excluding ortho intramolecular Hbond substituents is 1. The Morgan fingerprint density at radius 1 is 1.38 bits per heavy atom. The van der Waals surface area contributed by atoms with Gasteiger partial charge in [-0.15, -0.1) is 0 Å². The number of allylic oxidation sites excluding steroid dienone is 1. The van der Waals surface area contributed by atoms with E-state index >= 15 is 0 Å². The van der Waals surface area contributed by atoms with Crippen molar-refractivity contribution in [1.82, 2.24) is 0 Å². The number of carboxylic acid groups (broad SMARTS) is 1. The van der Waals surface area contributed by atoms with Gasteiger partial charge in [0, 0.05) is 0 Å². The zero-order chi connectivity index (χ0) is 9.84. The second-order valence-corrected chi connectivity index (χ2v) is 2.62. The molecule has 3 heteroatoms. The van der Waals surface area contributed by atoms with Crippen LogP contribution >= 0.6 is 0 Å². The molecule has 0 saturated heterocycles. The molecule has 0 saturated carbocycles. The average molecular weight is 178 g/mol. The number of carbonyl (C=O) groups is 1. The minimum absolute atomic E-state index is 0.0343. The van der Waals surface area contributed by atoms with Gasteiger partial charge >= 0.3 is 5.97 Å². The molecular weight excluding hydrogens is 168 g/mol. The van der Waals surface area contributed by atoms with Gasteiger partial charge in [-0.25, -0.2) is 4.79 Å². The lowest BCUT2D eigenvalue weighted by Crippen LogP contribution is -1.95. The van der Waals surface area contributed by atoms with Crippen molar-refractivity contribution >= 4 is 12.0 Å². The number of aromatic hydroxyl groups is 1. The average Bonchev–Trinajstić information content (AvgIpc) is 2.03. The number of hydrogen-bond donors (Lipinski definition) is 2. The van der Waals surface area contributed by atoms with Crippen LogP contribution in [0.5, 0.6) is 5.75 Å². The number of aromatic carboxylic acids is 1. The second-order valence-electron chi connectivity index (χ2n) is 2.62. The highest BCUT2D eigenvalue weighted by atomic mass is 16.4. The van der Waals surface area contributed by atoms with E-state index in [2.05, 4.69) is 0 Å². The van der Waals surface area contributed by atoms with E-state index in [1.165, 1.54) is 18.2 Å². The van der Waals surface area contributed by atoms with Crippen LogP contribution in [0.2, 0.25) is 0 Å². The summed E-state index contributed by atoms with van der Waals surface area (Å²) in [4.78, 5) is 10.6. The second kappa shape index (κ2) is 3.76. The van der Waals surface area contributed by atoms with E-state index in [9.17, 15) is 9.90 Å². The molecule has 1 aromatic carbocycles. The van der Waals surface area contributed by atoms with E-state index in [0.717, 1.165) is 0 Å². The summed E-state index contributed by atoms with van der Waals surface area (Å²) in [5, 5.41) is 17.8. The standard InChI is InChI=1S/C10H10O3/c1-2-3-7-4-8(10(12)13)6-9(11)5-7/h2-6,11H,1H3,(H,12,13). The number of rotatable bonds is 2. The zero-order valence-electron chi connectivity index (χ0n) is 7.19. The predicted octanol–water partition coefficient (Wildman–Crippen LogP) is 2.12. The Bertz CT molecular complexity index is 353. The Labute approximate surface area is 76.0 Å². The van der Waals surface area contributed by atoms with Crippen molar-refractivity contribution in [2.75, 3.05) is 0 Å². The molecule has 0 unspecified atom stereocenters. The van der Waals surface area contributed by atoms with Crippen LogP contribution in [-0.2, 0) is 0 Å². The SMILES string of the molecule is CC=Cc1cc(O)cc(C(=O)O)c1. The van der Waals surface area contributed by atoms with Crippen molar-refractivity contribution in [1.29, 1.82) is 0 Å². The summed E-state index contributed by atoms with van der Waals surface area (Å²) in [5.74, 6) is -1.07. The van der Waals surface area contributed by atoms with Gasteiger partial charge in [-0.3, -0.25) is 0 Å². The molecule has 1 aromatic rings. The molecule has 3 nitrogen and oxygen atoms in total. The summed E-state index contributed by atoms with van der Waals surface area (Å²) >= 11 is 0. The Hall–Kier alpha value is -1.77. The van der Waals surface area contributed by atoms with Gasteiger partial charge in [0.1, 0.15) is 5.75 Å². The van der Waals surface area contributed by atoms with Gasteiger partial charge in [0.2, 0.25) is 0 Å². The highest BCUT2D eigenvalue weighted by molar-refractivity contribution is 5.89. The molecule has 0 aromatic heterocycles. The summed E-state index contributed by atoms with van der Waals surface area (Å²) < 4.78 is 0. The third-order valence-corrected chi connectivity index (χ3v) is 1.55. The first-order valence-electron chi connectivity index (χ1n) is 3.83. The van der Waals surface area contributed by atoms with Crippen LogP contribution in [0, 0.1) is 0 Å². The van der Waals surface area contributed by atoms with Gasteiger partial charge < -0.3 is 10.2 Å². The summed E-state index contributed by atoms with van der Waals surface area (Å²) in [7, 11) is 0. The third-order valence-electron chi connectivity index (χ3n) is 1.55. The van der Waals surface area contributed by atoms with E-state index in [0.29, 0.717) is 5.56 Å². The van der Waals surface area contributed by atoms with Crippen LogP contribution in [0.1, 0.15) is 22.8 Å². The monoisotopic (exact) mass is 178 g/mol. The van der Waals surface area contributed by atoms with Crippen molar-refractivity contribution in [2.24, 2.45) is 0 Å². The van der Waals surface area contributed by atoms with Crippen LogP contribution in [0.15, 0.2) is 24.3 Å². The van der Waals surface area contributed by atoms with Crippen LogP contribution in [0.25, 0.3) is 6.08 Å². The quantitative estimate of drug-likeness (QED) is 0.729. The molecule has 0 bridgehead atoms. The first-order chi connectivity index (χ1) is 6.13. The molecule has 0 radical (unpaired) electrons. The van der Waals surface area contributed by atoms with Gasteiger partial charge in [0.25, 0.3) is 0 Å². The largest absolute Gasteiger partial charge is 0.508 e. The first kappa shape index (κ1) is 9.32. The minimum atomic E-state index is -1.04. The Morgan fingerprint density at radius 3 is 2.62 bits per heavy atom. The Balaban J connectivity index is 3.18. The van der Waals surface area contributed by atoms with E-state index in [1.54, 1.807) is 12.2 Å². The van der Waals surface area contributed by atoms with Crippen molar-refractivity contribution in [3.63, 3.8) is 0 Å². The van der Waals surface area contributed by atoms with Crippen molar-refractivity contribution in [3.8, 4) is 5.75 Å². The van der Waals surface area contributed by atoms with Crippen molar-refractivity contribution in [3.05, 3.63) is 35.4 Å². The molecule has 68 valence electrons. The van der Waals surface area contributed by atoms with Gasteiger partial charge in [-0.1, -0.05) is 12.2 Å². The molecule has 0 amide bonds.